The molecular formula is C26H29N7O3. The first kappa shape index (κ1) is 23.7. The summed E-state index contributed by atoms with van der Waals surface area (Å²) in [7, 11) is 1.51. The number of benzene rings is 1. The lowest BCUT2D eigenvalue weighted by Gasteiger charge is -2.27. The van der Waals surface area contributed by atoms with E-state index >= 15 is 0 Å². The summed E-state index contributed by atoms with van der Waals surface area (Å²) < 4.78 is 12.5. The van der Waals surface area contributed by atoms with Gasteiger partial charge in [-0.25, -0.2) is 9.50 Å². The van der Waals surface area contributed by atoms with Crippen molar-refractivity contribution in [1.29, 1.82) is 0 Å². The number of ether oxygens (including phenoxy) is 2. The van der Waals surface area contributed by atoms with E-state index in [1.807, 2.05) is 43.3 Å². The van der Waals surface area contributed by atoms with Gasteiger partial charge in [-0.2, -0.15) is 4.98 Å². The number of methoxy groups -OCH3 is 1. The fraction of sp³-hybridized carbons (Fsp3) is 0.308. The minimum Gasteiger partial charge on any atom is -0.480 e. The standard InChI is InChI=1S/C26H29N7O3/c1-17-21(18-7-8-33-23(13-18)30-26(27)31-33)14-22(25(29-17)35-2)24(34)28-15-19-5-3-4-6-20(19)16-32-9-11-36-12-10-32/h3-8,13-14H,9-12,15-16H2,1-2H3,(H2,27,31)(H,28,34). The molecule has 1 aliphatic rings. The molecule has 36 heavy (non-hydrogen) atoms. The normalized spacial score (nSPS) is 14.2. The van der Waals surface area contributed by atoms with Crippen molar-refractivity contribution in [1.82, 2.24) is 29.8 Å². The zero-order valence-corrected chi connectivity index (χ0v) is 20.4. The lowest BCUT2D eigenvalue weighted by molar-refractivity contribution is 0.0340. The number of rotatable bonds is 7. The Labute approximate surface area is 209 Å². The smallest absolute Gasteiger partial charge is 0.257 e. The molecule has 0 atom stereocenters. The molecule has 0 aliphatic carbocycles. The quantitative estimate of drug-likeness (QED) is 0.408. The topological polar surface area (TPSA) is 120 Å². The summed E-state index contributed by atoms with van der Waals surface area (Å²) in [5, 5.41) is 7.17. The molecule has 4 heterocycles. The van der Waals surface area contributed by atoms with Crippen molar-refractivity contribution >= 4 is 17.5 Å². The van der Waals surface area contributed by atoms with Crippen molar-refractivity contribution in [2.24, 2.45) is 0 Å². The Morgan fingerprint density at radius 1 is 1.14 bits per heavy atom. The molecule has 186 valence electrons. The predicted molar refractivity (Wildman–Crippen MR) is 136 cm³/mol. The minimum absolute atomic E-state index is 0.200. The van der Waals surface area contributed by atoms with Crippen LogP contribution in [-0.2, 0) is 17.8 Å². The second-order valence-corrected chi connectivity index (χ2v) is 8.71. The van der Waals surface area contributed by atoms with Crippen molar-refractivity contribution in [2.75, 3.05) is 39.1 Å². The number of carbonyl (C=O) groups excluding carboxylic acids is 1. The lowest BCUT2D eigenvalue weighted by Crippen LogP contribution is -2.36. The number of hydrogen-bond acceptors (Lipinski definition) is 8. The summed E-state index contributed by atoms with van der Waals surface area (Å²) in [5.41, 5.74) is 11.4. The van der Waals surface area contributed by atoms with Gasteiger partial charge in [0.25, 0.3) is 5.91 Å². The third-order valence-electron chi connectivity index (χ3n) is 6.34. The minimum atomic E-state index is -0.255. The molecule has 0 bridgehead atoms. The molecule has 0 spiro atoms. The number of nitrogens with two attached hydrogens (primary N) is 1. The second kappa shape index (κ2) is 10.3. The number of nitrogen functional groups attached to an aromatic ring is 1. The van der Waals surface area contributed by atoms with Crippen LogP contribution in [0.3, 0.4) is 0 Å². The molecule has 1 aliphatic heterocycles. The maximum Gasteiger partial charge on any atom is 0.257 e. The average molecular weight is 488 g/mol. The van der Waals surface area contributed by atoms with Gasteiger partial charge >= 0.3 is 0 Å². The van der Waals surface area contributed by atoms with Gasteiger partial charge in [-0.15, -0.1) is 5.10 Å². The van der Waals surface area contributed by atoms with Gasteiger partial charge in [0, 0.05) is 43.6 Å². The zero-order chi connectivity index (χ0) is 25.1. The van der Waals surface area contributed by atoms with Crippen molar-refractivity contribution in [3.8, 4) is 17.0 Å². The highest BCUT2D eigenvalue weighted by Gasteiger charge is 2.19. The summed E-state index contributed by atoms with van der Waals surface area (Å²) in [6.45, 7) is 6.41. The van der Waals surface area contributed by atoms with Crippen LogP contribution in [0.1, 0.15) is 27.2 Å². The summed E-state index contributed by atoms with van der Waals surface area (Å²) >= 11 is 0. The third-order valence-corrected chi connectivity index (χ3v) is 6.34. The number of anilines is 1. The van der Waals surface area contributed by atoms with Crippen LogP contribution in [0.2, 0.25) is 0 Å². The molecule has 4 aromatic rings. The Kier molecular flexibility index (Phi) is 6.79. The van der Waals surface area contributed by atoms with Crippen LogP contribution in [0.15, 0.2) is 48.7 Å². The zero-order valence-electron chi connectivity index (χ0n) is 20.4. The van der Waals surface area contributed by atoms with Gasteiger partial charge in [-0.1, -0.05) is 24.3 Å². The van der Waals surface area contributed by atoms with Gasteiger partial charge in [-0.3, -0.25) is 9.69 Å². The van der Waals surface area contributed by atoms with E-state index in [1.54, 1.807) is 10.7 Å². The molecule has 10 nitrogen and oxygen atoms in total. The van der Waals surface area contributed by atoms with Crippen LogP contribution < -0.4 is 15.8 Å². The van der Waals surface area contributed by atoms with Gasteiger partial charge in [0.15, 0.2) is 5.65 Å². The van der Waals surface area contributed by atoms with E-state index in [-0.39, 0.29) is 17.7 Å². The Morgan fingerprint density at radius 3 is 2.69 bits per heavy atom. The maximum absolute atomic E-state index is 13.3. The number of pyridine rings is 2. The first-order chi connectivity index (χ1) is 17.5. The van der Waals surface area contributed by atoms with E-state index in [9.17, 15) is 4.79 Å². The van der Waals surface area contributed by atoms with Gasteiger partial charge < -0.3 is 20.5 Å². The molecule has 5 rings (SSSR count). The monoisotopic (exact) mass is 487 g/mol. The highest BCUT2D eigenvalue weighted by Crippen LogP contribution is 2.29. The summed E-state index contributed by atoms with van der Waals surface area (Å²) in [4.78, 5) is 24.5. The second-order valence-electron chi connectivity index (χ2n) is 8.71. The number of nitrogens with zero attached hydrogens (tertiary/aromatic N) is 5. The molecule has 3 N–H and O–H groups in total. The van der Waals surface area contributed by atoms with E-state index in [0.29, 0.717) is 17.8 Å². The summed E-state index contributed by atoms with van der Waals surface area (Å²) in [6, 6.07) is 13.7. The number of nitrogens with one attached hydrogen (secondary N) is 1. The van der Waals surface area contributed by atoms with Crippen molar-refractivity contribution in [3.63, 3.8) is 0 Å². The number of aryl methyl sites for hydroxylation is 1. The van der Waals surface area contributed by atoms with E-state index in [1.165, 1.54) is 12.7 Å². The molecule has 0 unspecified atom stereocenters. The lowest BCUT2D eigenvalue weighted by atomic mass is 10.0. The van der Waals surface area contributed by atoms with E-state index in [4.69, 9.17) is 15.2 Å². The van der Waals surface area contributed by atoms with Crippen LogP contribution in [0.25, 0.3) is 16.8 Å². The third kappa shape index (κ3) is 5.00. The van der Waals surface area contributed by atoms with Gasteiger partial charge in [0.2, 0.25) is 11.8 Å². The maximum atomic E-state index is 13.3. The number of morpholine rings is 1. The Balaban J connectivity index is 1.38. The Bertz CT molecular complexity index is 1400. The number of carbonyl (C=O) groups is 1. The van der Waals surface area contributed by atoms with Crippen LogP contribution in [0, 0.1) is 6.92 Å². The van der Waals surface area contributed by atoms with Crippen LogP contribution in [0.4, 0.5) is 5.95 Å². The number of fused-ring (bicyclic) bond motifs is 1. The summed E-state index contributed by atoms with van der Waals surface area (Å²) in [5.74, 6) is 0.225. The number of hydrogen-bond donors (Lipinski definition) is 2. The largest absolute Gasteiger partial charge is 0.480 e. The first-order valence-electron chi connectivity index (χ1n) is 11.8. The Morgan fingerprint density at radius 2 is 1.92 bits per heavy atom. The molecule has 10 heteroatoms. The van der Waals surface area contributed by atoms with Crippen LogP contribution in [0.5, 0.6) is 5.88 Å². The summed E-state index contributed by atoms with van der Waals surface area (Å²) in [6.07, 6.45) is 1.78. The molecule has 1 amide bonds. The molecule has 1 saturated heterocycles. The van der Waals surface area contributed by atoms with Crippen molar-refractivity contribution < 1.29 is 14.3 Å². The first-order valence-corrected chi connectivity index (χ1v) is 11.8. The SMILES string of the molecule is COc1nc(C)c(-c2ccn3nc(N)nc3c2)cc1C(=O)NCc1ccccc1CN1CCOCC1. The molecule has 1 aromatic carbocycles. The average Bonchev–Trinajstić information content (AvgIpc) is 3.27. The van der Waals surface area contributed by atoms with E-state index in [0.717, 1.165) is 55.2 Å². The van der Waals surface area contributed by atoms with Crippen LogP contribution in [-0.4, -0.2) is 63.8 Å². The fourth-order valence-corrected chi connectivity index (χ4v) is 4.42. The highest BCUT2D eigenvalue weighted by atomic mass is 16.5. The van der Waals surface area contributed by atoms with Crippen LogP contribution >= 0.6 is 0 Å². The predicted octanol–water partition coefficient (Wildman–Crippen LogP) is 2.45. The number of aromatic nitrogens is 4. The number of amides is 1. The molecule has 0 saturated carbocycles. The van der Waals surface area contributed by atoms with Gasteiger partial charge in [-0.05, 0) is 41.8 Å². The van der Waals surface area contributed by atoms with Gasteiger partial charge in [0.05, 0.1) is 20.3 Å². The molecule has 0 radical (unpaired) electrons. The highest BCUT2D eigenvalue weighted by molar-refractivity contribution is 5.97. The van der Waals surface area contributed by atoms with Crippen molar-refractivity contribution in [2.45, 2.75) is 20.0 Å². The molecule has 1 fully saturated rings. The molecular weight excluding hydrogens is 458 g/mol. The van der Waals surface area contributed by atoms with Crippen molar-refractivity contribution in [3.05, 3.63) is 71.0 Å². The van der Waals surface area contributed by atoms with E-state index in [2.05, 4.69) is 31.3 Å². The Hall–Kier alpha value is -4.02. The van der Waals surface area contributed by atoms with Gasteiger partial charge in [0.1, 0.15) is 5.56 Å². The fourth-order valence-electron chi connectivity index (χ4n) is 4.42. The van der Waals surface area contributed by atoms with E-state index < -0.39 is 0 Å². The molecule has 3 aromatic heterocycles.